The van der Waals surface area contributed by atoms with E-state index < -0.39 is 9.76 Å². The van der Waals surface area contributed by atoms with Gasteiger partial charge in [-0.25, -0.2) is 4.79 Å². The topological polar surface area (TPSA) is 37.3 Å². The Morgan fingerprint density at radius 2 is 1.80 bits per heavy atom. The second-order valence-electron chi connectivity index (χ2n) is 1.21. The molecule has 0 heterocycles. The average Bonchev–Trinajstić information content (AvgIpc) is 1.59. The first-order chi connectivity index (χ1) is 3.92. The Balaban J connectivity index is 0. The molecule has 0 amide bonds. The summed E-state index contributed by atoms with van der Waals surface area (Å²) in [5.74, 6) is -1.14. The highest BCUT2D eigenvalue weighted by atomic mass is 35.6. The minimum atomic E-state index is -1.61. The second kappa shape index (κ2) is 5.29. The van der Waals surface area contributed by atoms with Crippen molar-refractivity contribution in [2.24, 2.45) is 0 Å². The van der Waals surface area contributed by atoms with E-state index in [0.29, 0.717) is 0 Å². The molecular formula is C4H6AlCl3O2. The summed E-state index contributed by atoms with van der Waals surface area (Å²) in [7, 11) is 0. The summed E-state index contributed by atoms with van der Waals surface area (Å²) in [5.41, 5.74) is 0. The SMILES string of the molecule is O=C(O)/C=C/C(Cl)(Cl)Cl.[AlH3]. The fourth-order valence-corrected chi connectivity index (χ4v) is 0.355. The van der Waals surface area contributed by atoms with Crippen LogP contribution >= 0.6 is 34.8 Å². The van der Waals surface area contributed by atoms with Gasteiger partial charge in [0.15, 0.2) is 17.4 Å². The number of alkyl halides is 3. The zero-order valence-corrected chi connectivity index (χ0v) is 6.41. The zero-order chi connectivity index (χ0) is 7.49. The number of aliphatic carboxylic acids is 1. The van der Waals surface area contributed by atoms with Gasteiger partial charge in [-0.1, -0.05) is 34.8 Å². The number of rotatable bonds is 1. The van der Waals surface area contributed by atoms with Crippen LogP contribution in [0.4, 0.5) is 0 Å². The van der Waals surface area contributed by atoms with Gasteiger partial charge in [0, 0.05) is 6.08 Å². The molecule has 0 aliphatic heterocycles. The summed E-state index contributed by atoms with van der Waals surface area (Å²) < 4.78 is -1.61. The lowest BCUT2D eigenvalue weighted by Crippen LogP contribution is -1.97. The van der Waals surface area contributed by atoms with Gasteiger partial charge in [0.25, 0.3) is 0 Å². The number of allylic oxidation sites excluding steroid dienone is 1. The Morgan fingerprint density at radius 3 is 1.90 bits per heavy atom. The van der Waals surface area contributed by atoms with E-state index in [0.717, 1.165) is 12.2 Å². The lowest BCUT2D eigenvalue weighted by atomic mass is 10.5. The van der Waals surface area contributed by atoms with E-state index in [1.165, 1.54) is 0 Å². The summed E-state index contributed by atoms with van der Waals surface area (Å²) >= 11 is 15.5. The van der Waals surface area contributed by atoms with Crippen LogP contribution in [0, 0.1) is 0 Å². The average molecular weight is 219 g/mol. The summed E-state index contributed by atoms with van der Waals surface area (Å²) in [5, 5.41) is 8.01. The Hall–Kier alpha value is 0.612. The van der Waals surface area contributed by atoms with Gasteiger partial charge < -0.3 is 5.11 Å². The van der Waals surface area contributed by atoms with Crippen molar-refractivity contribution in [2.45, 2.75) is 3.79 Å². The summed E-state index contributed by atoms with van der Waals surface area (Å²) in [6.07, 6.45) is 1.73. The molecule has 0 radical (unpaired) electrons. The van der Waals surface area contributed by atoms with E-state index in [1.807, 2.05) is 0 Å². The smallest absolute Gasteiger partial charge is 0.328 e. The first-order valence-electron chi connectivity index (χ1n) is 1.91. The Bertz CT molecular complexity index is 140. The molecule has 6 heteroatoms. The Morgan fingerprint density at radius 1 is 1.40 bits per heavy atom. The van der Waals surface area contributed by atoms with E-state index in [4.69, 9.17) is 39.9 Å². The molecule has 0 unspecified atom stereocenters. The number of carbonyl (C=O) groups is 1. The zero-order valence-electron chi connectivity index (χ0n) is 4.14. The Kier molecular flexibility index (Phi) is 6.99. The third-order valence-corrected chi connectivity index (χ3v) is 0.793. The first kappa shape index (κ1) is 13.2. The normalized spacial score (nSPS) is 11.1. The van der Waals surface area contributed by atoms with Crippen molar-refractivity contribution in [3.8, 4) is 0 Å². The fraction of sp³-hybridized carbons (Fsp3) is 0.250. The molecule has 0 bridgehead atoms. The molecular weight excluding hydrogens is 213 g/mol. The maximum Gasteiger partial charge on any atom is 0.328 e. The van der Waals surface area contributed by atoms with Gasteiger partial charge in [-0.15, -0.1) is 0 Å². The minimum absolute atomic E-state index is 0. The molecule has 0 aliphatic rings. The van der Waals surface area contributed by atoms with Gasteiger partial charge in [-0.2, -0.15) is 0 Å². The molecule has 0 aromatic carbocycles. The molecule has 2 nitrogen and oxygen atoms in total. The molecule has 0 spiro atoms. The van der Waals surface area contributed by atoms with Crippen molar-refractivity contribution in [1.82, 2.24) is 0 Å². The van der Waals surface area contributed by atoms with Crippen LogP contribution in [0.1, 0.15) is 0 Å². The van der Waals surface area contributed by atoms with Crippen LogP contribution in [-0.2, 0) is 4.79 Å². The van der Waals surface area contributed by atoms with Crippen LogP contribution < -0.4 is 0 Å². The van der Waals surface area contributed by atoms with Crippen LogP contribution in [-0.4, -0.2) is 32.2 Å². The van der Waals surface area contributed by atoms with Crippen LogP contribution in [0.3, 0.4) is 0 Å². The molecule has 0 aromatic heterocycles. The lowest BCUT2D eigenvalue weighted by molar-refractivity contribution is -0.131. The van der Waals surface area contributed by atoms with E-state index in [2.05, 4.69) is 0 Å². The van der Waals surface area contributed by atoms with Gasteiger partial charge in [0.1, 0.15) is 0 Å². The quantitative estimate of drug-likeness (QED) is 0.403. The Labute approximate surface area is 83.9 Å². The van der Waals surface area contributed by atoms with Crippen molar-refractivity contribution >= 4 is 58.1 Å². The molecule has 58 valence electrons. The summed E-state index contributed by atoms with van der Waals surface area (Å²) in [6, 6.07) is 0. The van der Waals surface area contributed by atoms with Crippen LogP contribution in [0.25, 0.3) is 0 Å². The van der Waals surface area contributed by atoms with Gasteiger partial charge in [0.05, 0.1) is 0 Å². The molecule has 0 aliphatic carbocycles. The molecule has 0 saturated heterocycles. The van der Waals surface area contributed by atoms with Gasteiger partial charge in [0.2, 0.25) is 3.79 Å². The third kappa shape index (κ3) is 11.4. The highest BCUT2D eigenvalue weighted by molar-refractivity contribution is 6.69. The fourth-order valence-electron chi connectivity index (χ4n) is 0.166. The number of carboxylic acid groups (broad SMARTS) is 1. The van der Waals surface area contributed by atoms with E-state index in [-0.39, 0.29) is 17.4 Å². The second-order valence-corrected chi connectivity index (χ2v) is 3.58. The van der Waals surface area contributed by atoms with Crippen LogP contribution in [0.15, 0.2) is 12.2 Å². The van der Waals surface area contributed by atoms with Crippen molar-refractivity contribution in [2.75, 3.05) is 0 Å². The maximum absolute atomic E-state index is 9.78. The number of halogens is 3. The van der Waals surface area contributed by atoms with E-state index in [9.17, 15) is 4.79 Å². The maximum atomic E-state index is 9.78. The minimum Gasteiger partial charge on any atom is -0.478 e. The summed E-state index contributed by atoms with van der Waals surface area (Å²) in [6.45, 7) is 0. The standard InChI is InChI=1S/C4H3Cl3O2.Al.3H/c5-4(6,7)2-1-3(8)9;;;;/h1-2H,(H,8,9);;;;/b2-1+;;;;. The molecule has 0 saturated carbocycles. The molecule has 0 fully saturated rings. The molecule has 0 atom stereocenters. The largest absolute Gasteiger partial charge is 0.478 e. The number of carboxylic acids is 1. The number of hydrogen-bond donors (Lipinski definition) is 1. The van der Waals surface area contributed by atoms with E-state index >= 15 is 0 Å². The van der Waals surface area contributed by atoms with Crippen molar-refractivity contribution in [3.05, 3.63) is 12.2 Å². The predicted octanol–water partition coefficient (Wildman–Crippen LogP) is 0.813. The molecule has 0 rings (SSSR count). The lowest BCUT2D eigenvalue weighted by Gasteiger charge is -1.99. The third-order valence-electron chi connectivity index (χ3n) is 0.415. The van der Waals surface area contributed by atoms with E-state index in [1.54, 1.807) is 0 Å². The summed E-state index contributed by atoms with van der Waals surface area (Å²) in [4.78, 5) is 9.78. The molecule has 1 N–H and O–H groups in total. The van der Waals surface area contributed by atoms with Crippen LogP contribution in [0.2, 0.25) is 0 Å². The monoisotopic (exact) mass is 218 g/mol. The number of hydrogen-bond acceptors (Lipinski definition) is 1. The highest BCUT2D eigenvalue weighted by Gasteiger charge is 2.14. The highest BCUT2D eigenvalue weighted by Crippen LogP contribution is 2.26. The van der Waals surface area contributed by atoms with Crippen molar-refractivity contribution < 1.29 is 9.90 Å². The first-order valence-corrected chi connectivity index (χ1v) is 3.04. The van der Waals surface area contributed by atoms with Crippen LogP contribution in [0.5, 0.6) is 0 Å². The predicted molar refractivity (Wildman–Crippen MR) is 47.0 cm³/mol. The van der Waals surface area contributed by atoms with Crippen molar-refractivity contribution in [1.29, 1.82) is 0 Å². The molecule has 0 aromatic rings. The van der Waals surface area contributed by atoms with Gasteiger partial charge >= 0.3 is 5.97 Å². The molecule has 10 heavy (non-hydrogen) atoms. The van der Waals surface area contributed by atoms with Gasteiger partial charge in [-0.05, 0) is 6.08 Å². The van der Waals surface area contributed by atoms with Gasteiger partial charge in [-0.3, -0.25) is 0 Å². The van der Waals surface area contributed by atoms with Crippen molar-refractivity contribution in [3.63, 3.8) is 0 Å².